The van der Waals surface area contributed by atoms with Crippen molar-refractivity contribution in [3.63, 3.8) is 0 Å². The first-order chi connectivity index (χ1) is 5.68. The molecule has 0 bridgehead atoms. The molecule has 0 fully saturated rings. The van der Waals surface area contributed by atoms with Crippen LogP contribution in [0.3, 0.4) is 0 Å². The van der Waals surface area contributed by atoms with E-state index in [1.54, 1.807) is 0 Å². The summed E-state index contributed by atoms with van der Waals surface area (Å²) in [7, 11) is 0. The molecule has 0 aliphatic carbocycles. The van der Waals surface area contributed by atoms with Gasteiger partial charge in [0.05, 0.1) is 5.82 Å². The molecule has 12 heavy (non-hydrogen) atoms. The highest BCUT2D eigenvalue weighted by molar-refractivity contribution is 5.03. The Morgan fingerprint density at radius 2 is 1.33 bits per heavy atom. The summed E-state index contributed by atoms with van der Waals surface area (Å²) in [6.07, 6.45) is 2.13. The fraction of sp³-hybridized carbons (Fsp3) is 0.800. The van der Waals surface area contributed by atoms with E-state index in [4.69, 9.17) is 11.5 Å². The lowest BCUT2D eigenvalue weighted by Crippen LogP contribution is -2.10. The van der Waals surface area contributed by atoms with Gasteiger partial charge < -0.3 is 11.5 Å². The van der Waals surface area contributed by atoms with Crippen LogP contribution < -0.4 is 11.5 Å². The summed E-state index contributed by atoms with van der Waals surface area (Å²) in [6.45, 7) is 12.1. The smallest absolute Gasteiger partial charge is 0.0922 e. The quantitative estimate of drug-likeness (QED) is 0.676. The van der Waals surface area contributed by atoms with E-state index in [-0.39, 0.29) is 0 Å². The van der Waals surface area contributed by atoms with Crippen LogP contribution >= 0.6 is 0 Å². The first kappa shape index (κ1) is 17.4. The number of rotatable bonds is 2. The average Bonchev–Trinajstić information content (AvgIpc) is 2.12. The van der Waals surface area contributed by atoms with Crippen molar-refractivity contribution in [1.29, 1.82) is 0 Å². The Bertz CT molecular complexity index is 92.0. The van der Waals surface area contributed by atoms with Gasteiger partial charge in [-0.3, -0.25) is 0 Å². The van der Waals surface area contributed by atoms with Crippen molar-refractivity contribution >= 4 is 0 Å². The lowest BCUT2D eigenvalue weighted by Gasteiger charge is -1.98. The largest absolute Gasteiger partial charge is 0.386 e. The molecule has 0 saturated heterocycles. The average molecular weight is 174 g/mol. The Hall–Kier alpha value is -0.660. The van der Waals surface area contributed by atoms with Crippen molar-refractivity contribution < 1.29 is 0 Å². The maximum atomic E-state index is 5.28. The highest BCUT2D eigenvalue weighted by atomic mass is 14.8. The molecule has 4 N–H and O–H groups in total. The summed E-state index contributed by atoms with van der Waals surface area (Å²) in [5, 5.41) is 0. The highest BCUT2D eigenvalue weighted by Gasteiger charge is 1.88. The summed E-state index contributed by atoms with van der Waals surface area (Å²) in [4.78, 5) is 0. The van der Waals surface area contributed by atoms with Crippen molar-refractivity contribution in [3.05, 3.63) is 11.4 Å². The van der Waals surface area contributed by atoms with E-state index in [0.29, 0.717) is 5.82 Å². The molecule has 0 saturated carbocycles. The Balaban J connectivity index is -0.000000175. The van der Waals surface area contributed by atoms with E-state index in [1.807, 2.05) is 34.6 Å². The van der Waals surface area contributed by atoms with Crippen molar-refractivity contribution in [2.45, 2.75) is 54.4 Å². The number of hydrogen-bond donors (Lipinski definition) is 2. The molecule has 0 aromatic heterocycles. The van der Waals surface area contributed by atoms with Crippen molar-refractivity contribution in [2.75, 3.05) is 0 Å². The van der Waals surface area contributed by atoms with Crippen LogP contribution in [0.4, 0.5) is 0 Å². The number of allylic oxidation sites excluding steroid dienone is 1. The van der Waals surface area contributed by atoms with Gasteiger partial charge in [0, 0.05) is 0 Å². The fourth-order valence-electron chi connectivity index (χ4n) is 0.519. The van der Waals surface area contributed by atoms with Crippen molar-refractivity contribution in [2.24, 2.45) is 11.5 Å². The van der Waals surface area contributed by atoms with Crippen molar-refractivity contribution in [3.8, 4) is 0 Å². The number of nitrogens with two attached hydrogens (primary N) is 2. The molecule has 0 heterocycles. The zero-order chi connectivity index (χ0) is 10.6. The van der Waals surface area contributed by atoms with Gasteiger partial charge in [0.1, 0.15) is 0 Å². The minimum atomic E-state index is 0.479. The molecule has 0 spiro atoms. The Kier molecular flexibility index (Phi) is 24.3. The van der Waals surface area contributed by atoms with Gasteiger partial charge >= 0.3 is 0 Å². The predicted molar refractivity (Wildman–Crippen MR) is 58.7 cm³/mol. The van der Waals surface area contributed by atoms with Crippen LogP contribution in [0.5, 0.6) is 0 Å². The molecule has 2 nitrogen and oxygen atoms in total. The van der Waals surface area contributed by atoms with Gasteiger partial charge in [0.2, 0.25) is 0 Å². The molecule has 0 aromatic carbocycles. The Labute approximate surface area is 78.0 Å². The summed E-state index contributed by atoms with van der Waals surface area (Å²) >= 11 is 0. The maximum absolute atomic E-state index is 5.28. The summed E-state index contributed by atoms with van der Waals surface area (Å²) in [5.41, 5.74) is 11.7. The SMILES string of the molecule is CC.CC.CCCC(C)=C(N)N. The van der Waals surface area contributed by atoms with Crippen LogP contribution in [0.15, 0.2) is 11.4 Å². The van der Waals surface area contributed by atoms with Crippen LogP contribution in [0.1, 0.15) is 54.4 Å². The Morgan fingerprint density at radius 1 is 1.00 bits per heavy atom. The van der Waals surface area contributed by atoms with Crippen LogP contribution in [-0.4, -0.2) is 0 Å². The van der Waals surface area contributed by atoms with E-state index in [2.05, 4.69) is 6.92 Å². The minimum absolute atomic E-state index is 0.479. The third-order valence-electron chi connectivity index (χ3n) is 1.12. The van der Waals surface area contributed by atoms with E-state index in [1.165, 1.54) is 0 Å². The molecule has 0 aliphatic heterocycles. The van der Waals surface area contributed by atoms with E-state index in [9.17, 15) is 0 Å². The third kappa shape index (κ3) is 16.2. The van der Waals surface area contributed by atoms with E-state index in [0.717, 1.165) is 18.4 Å². The first-order valence-electron chi connectivity index (χ1n) is 4.89. The lowest BCUT2D eigenvalue weighted by atomic mass is 10.2. The van der Waals surface area contributed by atoms with Crippen LogP contribution in [0, 0.1) is 0 Å². The van der Waals surface area contributed by atoms with Gasteiger partial charge in [0.15, 0.2) is 0 Å². The van der Waals surface area contributed by atoms with Gasteiger partial charge in [-0.1, -0.05) is 41.0 Å². The summed E-state index contributed by atoms with van der Waals surface area (Å²) < 4.78 is 0. The van der Waals surface area contributed by atoms with Crippen LogP contribution in [0.2, 0.25) is 0 Å². The lowest BCUT2D eigenvalue weighted by molar-refractivity contribution is 0.882. The second-order valence-corrected chi connectivity index (χ2v) is 1.99. The second kappa shape index (κ2) is 16.7. The van der Waals surface area contributed by atoms with Gasteiger partial charge in [0.25, 0.3) is 0 Å². The van der Waals surface area contributed by atoms with Gasteiger partial charge in [-0.25, -0.2) is 0 Å². The normalized spacial score (nSPS) is 6.83. The molecule has 0 atom stereocenters. The van der Waals surface area contributed by atoms with E-state index < -0.39 is 0 Å². The highest BCUT2D eigenvalue weighted by Crippen LogP contribution is 2.01. The molecule has 0 unspecified atom stereocenters. The Morgan fingerprint density at radius 3 is 1.42 bits per heavy atom. The molecular weight excluding hydrogens is 148 g/mol. The molecule has 0 aromatic rings. The number of hydrogen-bond acceptors (Lipinski definition) is 2. The molecule has 0 aliphatic rings. The monoisotopic (exact) mass is 174 g/mol. The molecule has 76 valence electrons. The molecule has 0 rings (SSSR count). The molecule has 0 radical (unpaired) electrons. The molecule has 0 amide bonds. The second-order valence-electron chi connectivity index (χ2n) is 1.99. The zero-order valence-corrected chi connectivity index (χ0v) is 9.57. The van der Waals surface area contributed by atoms with Crippen molar-refractivity contribution in [1.82, 2.24) is 0 Å². The summed E-state index contributed by atoms with van der Waals surface area (Å²) in [6, 6.07) is 0. The fourth-order valence-corrected chi connectivity index (χ4v) is 0.519. The predicted octanol–water partition coefficient (Wildman–Crippen LogP) is 2.99. The first-order valence-corrected chi connectivity index (χ1v) is 4.89. The van der Waals surface area contributed by atoms with Gasteiger partial charge in [-0.15, -0.1) is 0 Å². The molecular formula is C10H26N2. The van der Waals surface area contributed by atoms with E-state index >= 15 is 0 Å². The topological polar surface area (TPSA) is 52.0 Å². The van der Waals surface area contributed by atoms with Crippen LogP contribution in [-0.2, 0) is 0 Å². The van der Waals surface area contributed by atoms with Gasteiger partial charge in [-0.05, 0) is 18.9 Å². The minimum Gasteiger partial charge on any atom is -0.386 e. The van der Waals surface area contributed by atoms with Crippen LogP contribution in [0.25, 0.3) is 0 Å². The maximum Gasteiger partial charge on any atom is 0.0922 e. The van der Waals surface area contributed by atoms with Gasteiger partial charge in [-0.2, -0.15) is 0 Å². The molecule has 2 heteroatoms. The standard InChI is InChI=1S/C6H14N2.2C2H6/c1-3-4-5(2)6(7)8;2*1-2/h3-4,7-8H2,1-2H3;2*1-2H3. The zero-order valence-electron chi connectivity index (χ0n) is 9.57. The third-order valence-corrected chi connectivity index (χ3v) is 1.12. The summed E-state index contributed by atoms with van der Waals surface area (Å²) in [5.74, 6) is 0.479.